The summed E-state index contributed by atoms with van der Waals surface area (Å²) < 4.78 is 4.99. The van der Waals surface area contributed by atoms with Gasteiger partial charge in [0.25, 0.3) is 5.91 Å². The second kappa shape index (κ2) is 29.9. The first-order valence-corrected chi connectivity index (χ1v) is 27.8. The number of aromatic nitrogens is 2. The van der Waals surface area contributed by atoms with E-state index in [1.807, 2.05) is 49.9 Å². The van der Waals surface area contributed by atoms with E-state index < -0.39 is 5.97 Å². The van der Waals surface area contributed by atoms with Crippen molar-refractivity contribution in [3.63, 3.8) is 0 Å². The van der Waals surface area contributed by atoms with Crippen molar-refractivity contribution in [3.8, 4) is 11.4 Å². The molecular formula is C64H86N8O5. The fourth-order valence-corrected chi connectivity index (χ4v) is 9.78. The van der Waals surface area contributed by atoms with E-state index >= 15 is 0 Å². The van der Waals surface area contributed by atoms with E-state index in [1.54, 1.807) is 32.9 Å². The van der Waals surface area contributed by atoms with Gasteiger partial charge >= 0.3 is 5.97 Å². The van der Waals surface area contributed by atoms with E-state index in [-0.39, 0.29) is 29.7 Å². The Kier molecular flexibility index (Phi) is 23.2. The summed E-state index contributed by atoms with van der Waals surface area (Å²) in [6, 6.07) is 50.3. The number of likely N-dealkylation sites (tertiary alicyclic amines) is 4. The number of nitrogens with one attached hydrogen (secondary N) is 1. The molecule has 5 aromatic carbocycles. The zero-order valence-electron chi connectivity index (χ0n) is 47.2. The van der Waals surface area contributed by atoms with Gasteiger partial charge in [0, 0.05) is 132 Å². The van der Waals surface area contributed by atoms with E-state index in [1.165, 1.54) is 55.0 Å². The fourth-order valence-electron chi connectivity index (χ4n) is 9.78. The Morgan fingerprint density at radius 1 is 0.558 bits per heavy atom. The molecule has 13 nitrogen and oxygen atoms in total. The lowest BCUT2D eigenvalue weighted by atomic mass is 9.90. The number of amides is 2. The molecule has 4 aliphatic heterocycles. The van der Waals surface area contributed by atoms with Gasteiger partial charge in [-0.15, -0.1) is 0 Å². The Balaban J connectivity index is 0.000000168. The van der Waals surface area contributed by atoms with Crippen LogP contribution in [0.15, 0.2) is 150 Å². The topological polar surface area (TPSA) is 161 Å². The Morgan fingerprint density at radius 2 is 0.935 bits per heavy atom. The summed E-state index contributed by atoms with van der Waals surface area (Å²) in [5.41, 5.74) is 12.9. The number of carboxylic acid groups (broad SMARTS) is 1. The summed E-state index contributed by atoms with van der Waals surface area (Å²) in [5.74, 6) is 3.89. The van der Waals surface area contributed by atoms with Crippen LogP contribution in [0.3, 0.4) is 0 Å². The molecule has 2 atom stereocenters. The standard InChI is InChI=1S/C22H24N4O2.C13H17NO.C13H19N.C12H18N2.C4H8O2/c1-15(12-26-13-20(14-26)17-6-4-3-5-7-17)23-22(27)19-10-8-18(9-11-19)21-24-16(2)28-25-21;1-10(2)13(15)14-8-12(9-14)11-6-4-3-5-7-11;1-11(2)8-14-9-13(10-14)12-6-4-3-5-7-12;1-10(13)7-14-8-12(9-14)11-5-3-2-4-6-11;1-3(2)4(5)6/h3-11,15,20H,12-14H2,1-2H3,(H,23,27);3-7,10,12H,8-9H2,1-2H3;3-7,11,13H,8-10H2,1-2H3;2-6,10,12H,7-9,13H2,1H3;3H,1-2H3,(H,5,6)/t15-;;;10-;/m1..1./s1. The number of nitrogens with zero attached hydrogens (tertiary/aromatic N) is 6. The van der Waals surface area contributed by atoms with Crippen molar-refractivity contribution in [1.82, 2.24) is 35.1 Å². The number of rotatable bonds is 15. The molecule has 6 aromatic rings. The number of aliphatic carboxylic acids is 1. The lowest BCUT2D eigenvalue weighted by molar-refractivity contribution is -0.140. The molecule has 412 valence electrons. The van der Waals surface area contributed by atoms with Crippen LogP contribution < -0.4 is 11.1 Å². The maximum absolute atomic E-state index is 12.5. The molecule has 0 bridgehead atoms. The van der Waals surface area contributed by atoms with E-state index in [9.17, 15) is 14.4 Å². The maximum atomic E-state index is 12.5. The van der Waals surface area contributed by atoms with Crippen LogP contribution in [0.25, 0.3) is 11.4 Å². The van der Waals surface area contributed by atoms with Gasteiger partial charge in [0.15, 0.2) is 0 Å². The summed E-state index contributed by atoms with van der Waals surface area (Å²) in [6.45, 7) is 29.5. The van der Waals surface area contributed by atoms with Gasteiger partial charge < -0.3 is 35.4 Å². The smallest absolute Gasteiger partial charge is 0.305 e. The molecule has 2 amide bonds. The number of nitrogens with two attached hydrogens (primary N) is 1. The summed E-state index contributed by atoms with van der Waals surface area (Å²) in [7, 11) is 0. The van der Waals surface area contributed by atoms with Crippen LogP contribution in [0.2, 0.25) is 0 Å². The maximum Gasteiger partial charge on any atom is 0.305 e. The number of carbonyl (C=O) groups is 3. The van der Waals surface area contributed by atoms with Crippen molar-refractivity contribution in [2.45, 2.75) is 98.1 Å². The summed E-state index contributed by atoms with van der Waals surface area (Å²) in [6.07, 6.45) is 0. The molecular weight excluding hydrogens is 961 g/mol. The third-order valence-corrected chi connectivity index (χ3v) is 14.1. The molecule has 0 spiro atoms. The van der Waals surface area contributed by atoms with Crippen LogP contribution in [0, 0.1) is 24.7 Å². The van der Waals surface area contributed by atoms with Crippen LogP contribution in [0.4, 0.5) is 0 Å². The van der Waals surface area contributed by atoms with Gasteiger partial charge in [0.1, 0.15) is 0 Å². The minimum Gasteiger partial charge on any atom is -0.481 e. The van der Waals surface area contributed by atoms with E-state index in [0.29, 0.717) is 35.2 Å². The first-order chi connectivity index (χ1) is 36.9. The Labute approximate surface area is 459 Å². The Hall–Kier alpha value is -6.51. The molecule has 0 radical (unpaired) electrons. The molecule has 10 rings (SSSR count). The number of benzene rings is 5. The van der Waals surface area contributed by atoms with Crippen molar-refractivity contribution >= 4 is 17.8 Å². The van der Waals surface area contributed by atoms with Crippen molar-refractivity contribution in [2.24, 2.45) is 23.5 Å². The van der Waals surface area contributed by atoms with Gasteiger partial charge in [-0.05, 0) is 54.2 Å². The number of carbonyl (C=O) groups excluding carboxylic acids is 2. The largest absolute Gasteiger partial charge is 0.481 e. The van der Waals surface area contributed by atoms with E-state index in [0.717, 1.165) is 62.6 Å². The van der Waals surface area contributed by atoms with Crippen LogP contribution in [-0.4, -0.2) is 137 Å². The SMILES string of the molecule is CC(C)C(=O)N1CC(c2ccccc2)C1.CC(C)C(=O)O.CC(C)CN1CC(c2ccccc2)C1.C[C@@H](N)CN1CC(c2ccccc2)C1.Cc1nc(-c2ccc(C(=O)N[C@H](C)CN3CC(c4ccccc4)C3)cc2)no1. The summed E-state index contributed by atoms with van der Waals surface area (Å²) >= 11 is 0. The first kappa shape index (κ1) is 59.7. The van der Waals surface area contributed by atoms with Gasteiger partial charge in [-0.2, -0.15) is 4.98 Å². The average Bonchev–Trinajstić information content (AvgIpc) is 3.82. The molecule has 13 heteroatoms. The quantitative estimate of drug-likeness (QED) is 0.0898. The summed E-state index contributed by atoms with van der Waals surface area (Å²) in [4.78, 5) is 47.3. The molecule has 0 unspecified atom stereocenters. The Bertz CT molecular complexity index is 2580. The molecule has 4 N–H and O–H groups in total. The van der Waals surface area contributed by atoms with Crippen molar-refractivity contribution in [3.05, 3.63) is 179 Å². The highest BCUT2D eigenvalue weighted by Gasteiger charge is 2.33. The minimum absolute atomic E-state index is 0.0662. The predicted octanol–water partition coefficient (Wildman–Crippen LogP) is 10.4. The van der Waals surface area contributed by atoms with Crippen LogP contribution >= 0.6 is 0 Å². The predicted molar refractivity (Wildman–Crippen MR) is 310 cm³/mol. The average molecular weight is 1050 g/mol. The van der Waals surface area contributed by atoms with Gasteiger partial charge in [0.05, 0.1) is 5.92 Å². The highest BCUT2D eigenvalue weighted by molar-refractivity contribution is 5.94. The molecule has 5 heterocycles. The van der Waals surface area contributed by atoms with Gasteiger partial charge in [-0.25, -0.2) is 0 Å². The van der Waals surface area contributed by atoms with Crippen LogP contribution in [-0.2, 0) is 9.59 Å². The minimum atomic E-state index is -0.741. The first-order valence-electron chi connectivity index (χ1n) is 27.8. The molecule has 1 aromatic heterocycles. The number of hydrogen-bond donors (Lipinski definition) is 3. The third kappa shape index (κ3) is 19.2. The third-order valence-electron chi connectivity index (χ3n) is 14.1. The zero-order chi connectivity index (χ0) is 55.4. The molecule has 0 saturated carbocycles. The van der Waals surface area contributed by atoms with Crippen LogP contribution in [0.5, 0.6) is 0 Å². The lowest BCUT2D eigenvalue weighted by Gasteiger charge is -2.41. The van der Waals surface area contributed by atoms with Gasteiger partial charge in [-0.1, -0.05) is 180 Å². The monoisotopic (exact) mass is 1050 g/mol. The van der Waals surface area contributed by atoms with E-state index in [4.69, 9.17) is 15.4 Å². The summed E-state index contributed by atoms with van der Waals surface area (Å²) in [5, 5.41) is 15.0. The number of hydrogen-bond acceptors (Lipinski definition) is 10. The molecule has 4 saturated heterocycles. The van der Waals surface area contributed by atoms with E-state index in [2.05, 4.69) is 160 Å². The second-order valence-corrected chi connectivity index (χ2v) is 22.4. The second-order valence-electron chi connectivity index (χ2n) is 22.4. The van der Waals surface area contributed by atoms with Crippen molar-refractivity contribution < 1.29 is 24.0 Å². The molecule has 77 heavy (non-hydrogen) atoms. The Morgan fingerprint density at radius 3 is 1.27 bits per heavy atom. The number of aryl methyl sites for hydroxylation is 1. The number of carboxylic acids is 1. The zero-order valence-corrected chi connectivity index (χ0v) is 47.2. The van der Waals surface area contributed by atoms with Gasteiger partial charge in [0.2, 0.25) is 17.6 Å². The van der Waals surface area contributed by atoms with Crippen molar-refractivity contribution in [1.29, 1.82) is 0 Å². The highest BCUT2D eigenvalue weighted by atomic mass is 16.5. The molecule has 4 fully saturated rings. The highest BCUT2D eigenvalue weighted by Crippen LogP contribution is 2.30. The van der Waals surface area contributed by atoms with Crippen molar-refractivity contribution in [2.75, 3.05) is 72.0 Å². The molecule has 4 aliphatic rings. The normalized spacial score (nSPS) is 16.8. The molecule has 0 aliphatic carbocycles. The van der Waals surface area contributed by atoms with Crippen LogP contribution in [0.1, 0.15) is 118 Å². The fraction of sp³-hybridized carbons (Fsp3) is 0.453. The van der Waals surface area contributed by atoms with Gasteiger partial charge in [-0.3, -0.25) is 19.3 Å². The lowest BCUT2D eigenvalue weighted by Crippen LogP contribution is -2.51.